The van der Waals surface area contributed by atoms with Gasteiger partial charge in [-0.15, -0.1) is 0 Å². The Bertz CT molecular complexity index is 901. The molecular formula is C22H23N3O. The van der Waals surface area contributed by atoms with E-state index in [-0.39, 0.29) is 11.9 Å². The second-order valence-electron chi connectivity index (χ2n) is 6.92. The molecule has 0 unspecified atom stereocenters. The number of amides is 1. The summed E-state index contributed by atoms with van der Waals surface area (Å²) in [6.45, 7) is 0.681. The quantitative estimate of drug-likeness (QED) is 0.723. The first-order valence-electron chi connectivity index (χ1n) is 9.09. The lowest BCUT2D eigenvalue weighted by atomic mass is 9.89. The van der Waals surface area contributed by atoms with Crippen LogP contribution in [-0.2, 0) is 31.2 Å². The van der Waals surface area contributed by atoms with Crippen molar-refractivity contribution in [3.63, 3.8) is 0 Å². The van der Waals surface area contributed by atoms with E-state index >= 15 is 0 Å². The average Bonchev–Trinajstić information content (AvgIpc) is 3.10. The number of nitrogens with zero attached hydrogens (tertiary/aromatic N) is 3. The molecule has 3 aromatic rings. The molecule has 1 aliphatic rings. The van der Waals surface area contributed by atoms with Crippen molar-refractivity contribution >= 4 is 5.91 Å². The molecule has 132 valence electrons. The minimum Gasteiger partial charge on any atom is -0.338 e. The van der Waals surface area contributed by atoms with Crippen molar-refractivity contribution in [3.8, 4) is 0 Å². The van der Waals surface area contributed by atoms with Crippen LogP contribution < -0.4 is 0 Å². The molecule has 1 amide bonds. The largest absolute Gasteiger partial charge is 0.338 e. The zero-order chi connectivity index (χ0) is 17.9. The van der Waals surface area contributed by atoms with Gasteiger partial charge in [-0.2, -0.15) is 0 Å². The molecule has 0 bridgehead atoms. The molecule has 0 saturated carbocycles. The number of aromatic nitrogens is 2. The van der Waals surface area contributed by atoms with Crippen LogP contribution in [0, 0.1) is 0 Å². The zero-order valence-corrected chi connectivity index (χ0v) is 15.0. The van der Waals surface area contributed by atoms with Crippen LogP contribution in [-0.4, -0.2) is 20.4 Å². The van der Waals surface area contributed by atoms with Gasteiger partial charge in [0.05, 0.1) is 12.4 Å². The lowest BCUT2D eigenvalue weighted by Crippen LogP contribution is -2.39. The van der Waals surface area contributed by atoms with Crippen LogP contribution in [0.25, 0.3) is 0 Å². The molecule has 0 radical (unpaired) electrons. The van der Waals surface area contributed by atoms with Crippen LogP contribution >= 0.6 is 0 Å². The Labute approximate surface area is 154 Å². The lowest BCUT2D eigenvalue weighted by molar-refractivity contribution is -0.134. The van der Waals surface area contributed by atoms with Gasteiger partial charge >= 0.3 is 0 Å². The first-order valence-corrected chi connectivity index (χ1v) is 9.09. The summed E-state index contributed by atoms with van der Waals surface area (Å²) in [6.07, 6.45) is 5.72. The summed E-state index contributed by atoms with van der Waals surface area (Å²) in [5.74, 6) is 0.203. The molecule has 0 N–H and O–H groups in total. The van der Waals surface area contributed by atoms with E-state index in [1.165, 1.54) is 16.7 Å². The first-order chi connectivity index (χ1) is 12.7. The summed E-state index contributed by atoms with van der Waals surface area (Å²) >= 11 is 0. The Kier molecular flexibility index (Phi) is 4.57. The van der Waals surface area contributed by atoms with Crippen LogP contribution in [0.3, 0.4) is 0 Å². The second kappa shape index (κ2) is 7.16. The van der Waals surface area contributed by atoms with Crippen LogP contribution in [0.15, 0.2) is 67.1 Å². The van der Waals surface area contributed by atoms with Gasteiger partial charge in [-0.1, -0.05) is 54.6 Å². The third-order valence-electron chi connectivity index (χ3n) is 5.26. The highest BCUT2D eigenvalue weighted by Crippen LogP contribution is 2.33. The van der Waals surface area contributed by atoms with Gasteiger partial charge in [0.25, 0.3) is 0 Å². The Hall–Kier alpha value is -2.88. The van der Waals surface area contributed by atoms with E-state index in [1.54, 1.807) is 6.33 Å². The normalized spacial score (nSPS) is 16.3. The van der Waals surface area contributed by atoms with Crippen molar-refractivity contribution < 1.29 is 4.79 Å². The molecule has 0 fully saturated rings. The smallest absolute Gasteiger partial charge is 0.223 e. The topological polar surface area (TPSA) is 38.1 Å². The molecule has 2 aromatic carbocycles. The van der Waals surface area contributed by atoms with Crippen molar-refractivity contribution in [2.45, 2.75) is 31.8 Å². The van der Waals surface area contributed by atoms with Gasteiger partial charge in [-0.05, 0) is 29.5 Å². The number of aryl methyl sites for hydroxylation is 2. The van der Waals surface area contributed by atoms with Crippen LogP contribution in [0.4, 0.5) is 0 Å². The van der Waals surface area contributed by atoms with Gasteiger partial charge in [-0.25, -0.2) is 4.98 Å². The maximum Gasteiger partial charge on any atom is 0.223 e. The highest BCUT2D eigenvalue weighted by Gasteiger charge is 2.30. The number of carbonyl (C=O) groups excluding carboxylic acids is 1. The molecule has 1 aromatic heterocycles. The van der Waals surface area contributed by atoms with Gasteiger partial charge in [-0.3, -0.25) is 4.79 Å². The zero-order valence-electron chi connectivity index (χ0n) is 15.0. The van der Waals surface area contributed by atoms with E-state index in [2.05, 4.69) is 41.4 Å². The number of benzene rings is 2. The molecule has 2 heterocycles. The summed E-state index contributed by atoms with van der Waals surface area (Å²) in [7, 11) is 1.97. The highest BCUT2D eigenvalue weighted by atomic mass is 16.2. The Morgan fingerprint density at radius 1 is 1.08 bits per heavy atom. The predicted octanol–water partition coefficient (Wildman–Crippen LogP) is 3.68. The predicted molar refractivity (Wildman–Crippen MR) is 101 cm³/mol. The summed E-state index contributed by atoms with van der Waals surface area (Å²) in [5, 5.41) is 0. The molecule has 1 atom stereocenters. The molecule has 0 aliphatic carbocycles. The fraction of sp³-hybridized carbons (Fsp3) is 0.273. The fourth-order valence-electron chi connectivity index (χ4n) is 3.76. The van der Waals surface area contributed by atoms with Gasteiger partial charge in [0.1, 0.15) is 0 Å². The molecule has 4 rings (SSSR count). The van der Waals surface area contributed by atoms with E-state index in [0.717, 1.165) is 18.5 Å². The standard InChI is InChI=1S/C22H23N3O/c1-24-16-23-14-20(24)11-12-22(26)25-15-19-10-6-5-9-18(19)13-21(25)17-7-3-2-4-8-17/h2-10,14,16,21H,11-13,15H2,1H3/t21-/m1/s1. The maximum atomic E-state index is 13.1. The summed E-state index contributed by atoms with van der Waals surface area (Å²) in [5.41, 5.74) is 4.90. The molecule has 4 heteroatoms. The van der Waals surface area contributed by atoms with Crippen molar-refractivity contribution in [2.75, 3.05) is 0 Å². The van der Waals surface area contributed by atoms with Gasteiger partial charge < -0.3 is 9.47 Å². The van der Waals surface area contributed by atoms with Gasteiger partial charge in [0.2, 0.25) is 5.91 Å². The number of hydrogen-bond donors (Lipinski definition) is 0. The summed E-state index contributed by atoms with van der Waals surface area (Å²) in [6, 6.07) is 18.9. The molecule has 4 nitrogen and oxygen atoms in total. The number of carbonyl (C=O) groups is 1. The third kappa shape index (κ3) is 3.27. The monoisotopic (exact) mass is 345 g/mol. The van der Waals surface area contributed by atoms with Crippen LogP contribution in [0.2, 0.25) is 0 Å². The fourth-order valence-corrected chi connectivity index (χ4v) is 3.76. The van der Waals surface area contributed by atoms with E-state index < -0.39 is 0 Å². The van der Waals surface area contributed by atoms with Crippen LogP contribution in [0.5, 0.6) is 0 Å². The van der Waals surface area contributed by atoms with E-state index in [0.29, 0.717) is 13.0 Å². The minimum absolute atomic E-state index is 0.102. The number of hydrogen-bond acceptors (Lipinski definition) is 2. The van der Waals surface area contributed by atoms with E-state index in [1.807, 2.05) is 40.9 Å². The molecule has 1 aliphatic heterocycles. The SMILES string of the molecule is Cn1cncc1CCC(=O)N1Cc2ccccc2C[C@@H]1c1ccccc1. The molecule has 26 heavy (non-hydrogen) atoms. The third-order valence-corrected chi connectivity index (χ3v) is 5.26. The van der Waals surface area contributed by atoms with Crippen molar-refractivity contribution in [1.29, 1.82) is 0 Å². The Morgan fingerprint density at radius 2 is 1.81 bits per heavy atom. The summed E-state index contributed by atoms with van der Waals surface area (Å²) in [4.78, 5) is 19.3. The summed E-state index contributed by atoms with van der Waals surface area (Å²) < 4.78 is 1.98. The molecule has 0 saturated heterocycles. The first kappa shape index (κ1) is 16.6. The molecule has 0 spiro atoms. The highest BCUT2D eigenvalue weighted by molar-refractivity contribution is 5.77. The maximum absolute atomic E-state index is 13.1. The van der Waals surface area contributed by atoms with Crippen molar-refractivity contribution in [1.82, 2.24) is 14.5 Å². The lowest BCUT2D eigenvalue weighted by Gasteiger charge is -2.37. The van der Waals surface area contributed by atoms with E-state index in [4.69, 9.17) is 0 Å². The Morgan fingerprint density at radius 3 is 2.54 bits per heavy atom. The number of fused-ring (bicyclic) bond motifs is 1. The molecular weight excluding hydrogens is 322 g/mol. The van der Waals surface area contributed by atoms with Gasteiger partial charge in [0.15, 0.2) is 0 Å². The second-order valence-corrected chi connectivity index (χ2v) is 6.92. The average molecular weight is 345 g/mol. The van der Waals surface area contributed by atoms with Crippen molar-refractivity contribution in [2.24, 2.45) is 7.05 Å². The Balaban J connectivity index is 1.58. The van der Waals surface area contributed by atoms with Crippen molar-refractivity contribution in [3.05, 3.63) is 89.5 Å². The minimum atomic E-state index is 0.102. The number of rotatable bonds is 4. The van der Waals surface area contributed by atoms with Crippen LogP contribution in [0.1, 0.15) is 34.8 Å². The van der Waals surface area contributed by atoms with E-state index in [9.17, 15) is 4.79 Å². The van der Waals surface area contributed by atoms with Gasteiger partial charge in [0, 0.05) is 31.9 Å². The number of imidazole rings is 1.